The number of halogens is 1. The molecule has 4 aromatic rings. The molecule has 1 aliphatic heterocycles. The zero-order valence-electron chi connectivity index (χ0n) is 25.9. The summed E-state index contributed by atoms with van der Waals surface area (Å²) in [6.07, 6.45) is 3.06. The zero-order valence-corrected chi connectivity index (χ0v) is 26.6. The van der Waals surface area contributed by atoms with E-state index in [0.29, 0.717) is 35.1 Å². The van der Waals surface area contributed by atoms with Gasteiger partial charge in [-0.3, -0.25) is 9.69 Å². The van der Waals surface area contributed by atoms with Gasteiger partial charge >= 0.3 is 5.97 Å². The molecule has 1 aromatic heterocycles. The molecule has 0 unspecified atom stereocenters. The second kappa shape index (κ2) is 14.3. The SMILES string of the molecule is CCCC1(C(=O)O)CCN(Cc2ccc(-c3noc(-c4ccc(-c5ccccc5)c(Cl)c4)n3)cc2)CC1.CNC(C)(C)C. The van der Waals surface area contributed by atoms with Crippen LogP contribution in [0.25, 0.3) is 34.0 Å². The number of nitrogens with one attached hydrogen (secondary N) is 1. The molecule has 0 radical (unpaired) electrons. The lowest BCUT2D eigenvalue weighted by molar-refractivity contribution is -0.152. The Kier molecular flexibility index (Phi) is 10.8. The van der Waals surface area contributed by atoms with Crippen LogP contribution >= 0.6 is 11.6 Å². The number of carboxylic acid groups (broad SMARTS) is 1. The highest BCUT2D eigenvalue weighted by Crippen LogP contribution is 2.37. The summed E-state index contributed by atoms with van der Waals surface area (Å²) in [6.45, 7) is 10.8. The lowest BCUT2D eigenvalue weighted by atomic mass is 9.75. The molecule has 0 saturated carbocycles. The van der Waals surface area contributed by atoms with Gasteiger partial charge in [-0.25, -0.2) is 0 Å². The van der Waals surface area contributed by atoms with Gasteiger partial charge in [0.2, 0.25) is 5.82 Å². The first kappa shape index (κ1) is 32.4. The summed E-state index contributed by atoms with van der Waals surface area (Å²) in [6, 6.07) is 23.9. The van der Waals surface area contributed by atoms with Crippen LogP contribution in [-0.2, 0) is 11.3 Å². The highest BCUT2D eigenvalue weighted by molar-refractivity contribution is 6.33. The summed E-state index contributed by atoms with van der Waals surface area (Å²) in [5.41, 5.74) is 4.56. The van der Waals surface area contributed by atoms with Crippen LogP contribution in [0.15, 0.2) is 77.3 Å². The molecule has 2 N–H and O–H groups in total. The van der Waals surface area contributed by atoms with Crippen LogP contribution in [-0.4, -0.2) is 51.8 Å². The minimum atomic E-state index is -0.646. The first-order valence-corrected chi connectivity index (χ1v) is 15.3. The maximum Gasteiger partial charge on any atom is 0.309 e. The topological polar surface area (TPSA) is 91.5 Å². The van der Waals surface area contributed by atoms with Crippen molar-refractivity contribution in [3.63, 3.8) is 0 Å². The predicted octanol–water partition coefficient (Wildman–Crippen LogP) is 8.20. The van der Waals surface area contributed by atoms with E-state index in [9.17, 15) is 9.90 Å². The summed E-state index contributed by atoms with van der Waals surface area (Å²) in [5.74, 6) is 0.295. The number of hydrogen-bond acceptors (Lipinski definition) is 6. The summed E-state index contributed by atoms with van der Waals surface area (Å²) in [5, 5.41) is 17.6. The number of aromatic nitrogens is 2. The van der Waals surface area contributed by atoms with Crippen LogP contribution in [0.5, 0.6) is 0 Å². The van der Waals surface area contributed by atoms with E-state index >= 15 is 0 Å². The van der Waals surface area contributed by atoms with E-state index in [1.165, 1.54) is 5.56 Å². The smallest absolute Gasteiger partial charge is 0.309 e. The number of benzene rings is 3. The van der Waals surface area contributed by atoms with Crippen LogP contribution in [0.3, 0.4) is 0 Å². The molecule has 5 rings (SSSR count). The summed E-state index contributed by atoms with van der Waals surface area (Å²) in [7, 11) is 1.96. The van der Waals surface area contributed by atoms with Crippen molar-refractivity contribution in [1.29, 1.82) is 0 Å². The lowest BCUT2D eigenvalue weighted by Gasteiger charge is -2.38. The fraction of sp³-hybridized carbons (Fsp3) is 0.400. The van der Waals surface area contributed by atoms with Gasteiger partial charge in [-0.15, -0.1) is 0 Å². The Morgan fingerprint density at radius 2 is 1.63 bits per heavy atom. The molecule has 0 spiro atoms. The maximum absolute atomic E-state index is 11.8. The summed E-state index contributed by atoms with van der Waals surface area (Å²) >= 11 is 6.56. The molecule has 43 heavy (non-hydrogen) atoms. The molecule has 0 aliphatic carbocycles. The van der Waals surface area contributed by atoms with Crippen molar-refractivity contribution in [2.24, 2.45) is 5.41 Å². The van der Waals surface area contributed by atoms with E-state index in [1.807, 2.05) is 67.7 Å². The molecule has 228 valence electrons. The van der Waals surface area contributed by atoms with Crippen molar-refractivity contribution in [2.45, 2.75) is 65.5 Å². The number of carboxylic acids is 1. The van der Waals surface area contributed by atoms with Gasteiger partial charge in [0.1, 0.15) is 0 Å². The van der Waals surface area contributed by atoms with E-state index in [1.54, 1.807) is 0 Å². The molecule has 3 aromatic carbocycles. The number of aliphatic carboxylic acids is 1. The molecule has 0 bridgehead atoms. The number of hydrogen-bond donors (Lipinski definition) is 2. The highest BCUT2D eigenvalue weighted by atomic mass is 35.5. The van der Waals surface area contributed by atoms with Crippen molar-refractivity contribution in [1.82, 2.24) is 20.4 Å². The molecule has 7 nitrogen and oxygen atoms in total. The van der Waals surface area contributed by atoms with E-state index in [-0.39, 0.29) is 0 Å². The van der Waals surface area contributed by atoms with Crippen LogP contribution in [0.1, 0.15) is 58.9 Å². The molecule has 1 fully saturated rings. The third-order valence-corrected chi connectivity index (χ3v) is 8.40. The number of rotatable bonds is 8. The van der Waals surface area contributed by atoms with Crippen LogP contribution in [0.2, 0.25) is 5.02 Å². The monoisotopic (exact) mass is 602 g/mol. The third-order valence-electron chi connectivity index (χ3n) is 8.09. The molecule has 0 atom stereocenters. The first-order chi connectivity index (χ1) is 20.5. The normalized spacial score (nSPS) is 15.0. The molecule has 2 heterocycles. The fourth-order valence-electron chi connectivity index (χ4n) is 5.16. The van der Waals surface area contributed by atoms with Gasteiger partial charge in [0.25, 0.3) is 5.89 Å². The van der Waals surface area contributed by atoms with Crippen LogP contribution in [0, 0.1) is 5.41 Å². The zero-order chi connectivity index (χ0) is 31.0. The highest BCUT2D eigenvalue weighted by Gasteiger charge is 2.40. The summed E-state index contributed by atoms with van der Waals surface area (Å²) < 4.78 is 5.54. The first-order valence-electron chi connectivity index (χ1n) is 15.0. The van der Waals surface area contributed by atoms with Gasteiger partial charge in [0, 0.05) is 33.8 Å². The van der Waals surface area contributed by atoms with E-state index in [4.69, 9.17) is 16.1 Å². The van der Waals surface area contributed by atoms with Crippen LogP contribution in [0.4, 0.5) is 0 Å². The molecule has 1 saturated heterocycles. The molecular weight excluding hydrogens is 560 g/mol. The Balaban J connectivity index is 0.000000641. The Morgan fingerprint density at radius 1 is 1.00 bits per heavy atom. The van der Waals surface area contributed by atoms with Gasteiger partial charge in [0.05, 0.1) is 5.41 Å². The fourth-order valence-corrected chi connectivity index (χ4v) is 5.45. The van der Waals surface area contributed by atoms with Crippen molar-refractivity contribution < 1.29 is 14.4 Å². The minimum Gasteiger partial charge on any atom is -0.481 e. The van der Waals surface area contributed by atoms with Gasteiger partial charge in [0.15, 0.2) is 0 Å². The van der Waals surface area contributed by atoms with Gasteiger partial charge in [-0.2, -0.15) is 4.98 Å². The minimum absolute atomic E-state index is 0.292. The van der Waals surface area contributed by atoms with Crippen LogP contribution < -0.4 is 5.32 Å². The van der Waals surface area contributed by atoms with Crippen molar-refractivity contribution in [3.05, 3.63) is 83.4 Å². The maximum atomic E-state index is 11.8. The standard InChI is InChI=1S/C30H30ClN3O3.C5H13N/c1-2-14-30(29(35)36)15-17-34(18-16-30)20-21-8-10-23(11-9-21)27-32-28(37-33-27)24-12-13-25(26(31)19-24)22-6-4-3-5-7-22;1-5(2,3)6-4/h3-13,19H,2,14-18,20H2,1H3,(H,35,36);6H,1-4H3. The average Bonchev–Trinajstić information content (AvgIpc) is 3.49. The second-order valence-electron chi connectivity index (χ2n) is 12.3. The van der Waals surface area contributed by atoms with E-state index in [2.05, 4.69) is 60.2 Å². The second-order valence-corrected chi connectivity index (χ2v) is 12.7. The molecule has 0 amide bonds. The molecular formula is C35H43ClN4O3. The Bertz CT molecular complexity index is 1470. The number of nitrogens with zero attached hydrogens (tertiary/aromatic N) is 3. The quantitative estimate of drug-likeness (QED) is 0.210. The molecule has 8 heteroatoms. The number of likely N-dealkylation sites (tertiary alicyclic amines) is 1. The van der Waals surface area contributed by atoms with E-state index in [0.717, 1.165) is 54.7 Å². The lowest BCUT2D eigenvalue weighted by Crippen LogP contribution is -2.44. The van der Waals surface area contributed by atoms with E-state index < -0.39 is 11.4 Å². The largest absolute Gasteiger partial charge is 0.481 e. The van der Waals surface area contributed by atoms with Crippen molar-refractivity contribution in [3.8, 4) is 34.0 Å². The number of piperidine rings is 1. The average molecular weight is 603 g/mol. The summed E-state index contributed by atoms with van der Waals surface area (Å²) in [4.78, 5) is 18.8. The predicted molar refractivity (Wildman–Crippen MR) is 174 cm³/mol. The van der Waals surface area contributed by atoms with Gasteiger partial charge in [-0.05, 0) is 83.4 Å². The third kappa shape index (κ3) is 8.53. The Labute approximate surface area is 260 Å². The van der Waals surface area contributed by atoms with Gasteiger partial charge < -0.3 is 14.9 Å². The van der Waals surface area contributed by atoms with Gasteiger partial charge in [-0.1, -0.05) is 90.8 Å². The van der Waals surface area contributed by atoms with Crippen molar-refractivity contribution >= 4 is 17.6 Å². The number of carbonyl (C=O) groups is 1. The van der Waals surface area contributed by atoms with Crippen molar-refractivity contribution in [2.75, 3.05) is 20.1 Å². The molecule has 1 aliphatic rings. The Hall–Kier alpha value is -3.52. The Morgan fingerprint density at radius 3 is 2.19 bits per heavy atom.